The number of carbonyl (C=O) groups excluding carboxylic acids is 1. The molecule has 1 aliphatic rings. The fourth-order valence-corrected chi connectivity index (χ4v) is 4.05. The Balaban J connectivity index is 2.14. The van der Waals surface area contributed by atoms with E-state index in [-0.39, 0.29) is 22.0 Å². The van der Waals surface area contributed by atoms with Crippen molar-refractivity contribution < 1.29 is 22.7 Å². The molecular formula is C20H17Cl2F3O2. The maximum Gasteiger partial charge on any atom is 0.416 e. The van der Waals surface area contributed by atoms with Crippen LogP contribution < -0.4 is 0 Å². The Morgan fingerprint density at radius 3 is 2.48 bits per heavy atom. The standard InChI is InChI=1S/C20H17Cl2F3O2/c1-10(2)19(26)27-18-13-6-4-3-5-11(13)7-14(18)17-15(20(23,24)25)8-12(21)9-16(17)22/h3-6,8-10,14,18H,7H2,1-2H3. The molecule has 7 heteroatoms. The summed E-state index contributed by atoms with van der Waals surface area (Å²) in [6, 6.07) is 9.32. The van der Waals surface area contributed by atoms with Gasteiger partial charge in [-0.15, -0.1) is 0 Å². The van der Waals surface area contributed by atoms with Crippen molar-refractivity contribution >= 4 is 29.2 Å². The molecule has 0 radical (unpaired) electrons. The van der Waals surface area contributed by atoms with Gasteiger partial charge < -0.3 is 4.74 Å². The highest BCUT2D eigenvalue weighted by Crippen LogP contribution is 2.51. The molecule has 0 heterocycles. The van der Waals surface area contributed by atoms with E-state index in [4.69, 9.17) is 27.9 Å². The molecular weight excluding hydrogens is 400 g/mol. The second-order valence-electron chi connectivity index (χ2n) is 6.87. The number of benzene rings is 2. The lowest BCUT2D eigenvalue weighted by molar-refractivity contribution is -0.154. The maximum absolute atomic E-state index is 13.7. The van der Waals surface area contributed by atoms with Gasteiger partial charge in [0.05, 0.1) is 11.5 Å². The van der Waals surface area contributed by atoms with E-state index >= 15 is 0 Å². The first-order chi connectivity index (χ1) is 12.6. The summed E-state index contributed by atoms with van der Waals surface area (Å²) in [4.78, 5) is 12.2. The summed E-state index contributed by atoms with van der Waals surface area (Å²) >= 11 is 12.0. The molecule has 0 amide bonds. The smallest absolute Gasteiger partial charge is 0.416 e. The van der Waals surface area contributed by atoms with E-state index in [1.807, 2.05) is 6.07 Å². The molecule has 0 aliphatic heterocycles. The van der Waals surface area contributed by atoms with Crippen LogP contribution >= 0.6 is 23.2 Å². The summed E-state index contributed by atoms with van der Waals surface area (Å²) < 4.78 is 46.7. The van der Waals surface area contributed by atoms with E-state index in [9.17, 15) is 18.0 Å². The first-order valence-electron chi connectivity index (χ1n) is 8.44. The number of alkyl halides is 3. The Morgan fingerprint density at radius 2 is 1.85 bits per heavy atom. The number of fused-ring (bicyclic) bond motifs is 1. The third kappa shape index (κ3) is 3.94. The first-order valence-corrected chi connectivity index (χ1v) is 9.19. The zero-order valence-corrected chi connectivity index (χ0v) is 16.1. The van der Waals surface area contributed by atoms with Gasteiger partial charge in [-0.05, 0) is 35.2 Å². The molecule has 144 valence electrons. The Labute approximate surface area is 165 Å². The van der Waals surface area contributed by atoms with Gasteiger partial charge in [0.1, 0.15) is 6.10 Å². The number of hydrogen-bond donors (Lipinski definition) is 0. The Morgan fingerprint density at radius 1 is 1.19 bits per heavy atom. The minimum absolute atomic E-state index is 0.0850. The molecule has 0 fully saturated rings. The van der Waals surface area contributed by atoms with Crippen LogP contribution in [0.25, 0.3) is 0 Å². The van der Waals surface area contributed by atoms with Crippen LogP contribution in [0, 0.1) is 5.92 Å². The predicted molar refractivity (Wildman–Crippen MR) is 98.0 cm³/mol. The number of halogens is 5. The highest BCUT2D eigenvalue weighted by atomic mass is 35.5. The summed E-state index contributed by atoms with van der Waals surface area (Å²) in [6.45, 7) is 3.35. The summed E-state index contributed by atoms with van der Waals surface area (Å²) in [7, 11) is 0. The van der Waals surface area contributed by atoms with E-state index in [0.29, 0.717) is 5.56 Å². The van der Waals surface area contributed by atoms with Gasteiger partial charge in [-0.1, -0.05) is 61.3 Å². The van der Waals surface area contributed by atoms with Crippen molar-refractivity contribution in [2.24, 2.45) is 5.92 Å². The van der Waals surface area contributed by atoms with Crippen molar-refractivity contribution in [2.75, 3.05) is 0 Å². The van der Waals surface area contributed by atoms with Crippen LogP contribution in [-0.2, 0) is 22.1 Å². The van der Waals surface area contributed by atoms with Gasteiger partial charge in [0, 0.05) is 16.0 Å². The first kappa shape index (κ1) is 20.0. The molecule has 2 aromatic rings. The van der Waals surface area contributed by atoms with E-state index in [1.54, 1.807) is 32.0 Å². The number of carbonyl (C=O) groups is 1. The van der Waals surface area contributed by atoms with Gasteiger partial charge in [0.2, 0.25) is 0 Å². The molecule has 0 saturated heterocycles. The van der Waals surface area contributed by atoms with E-state index in [1.165, 1.54) is 6.07 Å². The number of hydrogen-bond acceptors (Lipinski definition) is 2. The van der Waals surface area contributed by atoms with Gasteiger partial charge in [0.15, 0.2) is 0 Å². The largest absolute Gasteiger partial charge is 0.457 e. The number of esters is 1. The molecule has 2 nitrogen and oxygen atoms in total. The van der Waals surface area contributed by atoms with Crippen LogP contribution in [0.5, 0.6) is 0 Å². The summed E-state index contributed by atoms with van der Waals surface area (Å²) in [5, 5.41) is -0.180. The maximum atomic E-state index is 13.7. The Kier molecular flexibility index (Phi) is 5.46. The van der Waals surface area contributed by atoms with Crippen molar-refractivity contribution in [3.63, 3.8) is 0 Å². The lowest BCUT2D eigenvalue weighted by atomic mass is 9.89. The SMILES string of the molecule is CC(C)C(=O)OC1c2ccccc2CC1c1c(Cl)cc(Cl)cc1C(F)(F)F. The van der Waals surface area contributed by atoms with Crippen LogP contribution in [0.4, 0.5) is 13.2 Å². The molecule has 2 atom stereocenters. The van der Waals surface area contributed by atoms with Gasteiger partial charge >= 0.3 is 12.1 Å². The van der Waals surface area contributed by atoms with Crippen LogP contribution in [0.2, 0.25) is 10.0 Å². The van der Waals surface area contributed by atoms with Crippen LogP contribution in [0.1, 0.15) is 48.1 Å². The van der Waals surface area contributed by atoms with Gasteiger partial charge in [-0.25, -0.2) is 0 Å². The van der Waals surface area contributed by atoms with Gasteiger partial charge in [0.25, 0.3) is 0 Å². The molecule has 0 aromatic heterocycles. The Hall–Kier alpha value is -1.72. The zero-order chi connectivity index (χ0) is 19.9. The molecule has 27 heavy (non-hydrogen) atoms. The fourth-order valence-electron chi connectivity index (χ4n) is 3.41. The number of ether oxygens (including phenoxy) is 1. The second kappa shape index (κ2) is 7.36. The zero-order valence-electron chi connectivity index (χ0n) is 14.6. The summed E-state index contributed by atoms with van der Waals surface area (Å²) in [6.07, 6.45) is -5.18. The average molecular weight is 417 g/mol. The quantitative estimate of drug-likeness (QED) is 0.527. The topological polar surface area (TPSA) is 26.3 Å². The monoisotopic (exact) mass is 416 g/mol. The average Bonchev–Trinajstić information content (AvgIpc) is 2.91. The Bertz CT molecular complexity index is 878. The molecule has 0 N–H and O–H groups in total. The lowest BCUT2D eigenvalue weighted by Gasteiger charge is -2.26. The predicted octanol–water partition coefficient (Wildman–Crippen LogP) is 6.59. The highest BCUT2D eigenvalue weighted by Gasteiger charge is 2.43. The normalized spacial score (nSPS) is 19.3. The van der Waals surface area contributed by atoms with Crippen molar-refractivity contribution in [3.05, 3.63) is 68.7 Å². The van der Waals surface area contributed by atoms with Crippen LogP contribution in [0.15, 0.2) is 36.4 Å². The minimum atomic E-state index is -4.63. The van der Waals surface area contributed by atoms with Crippen LogP contribution in [-0.4, -0.2) is 5.97 Å². The van der Waals surface area contributed by atoms with Crippen molar-refractivity contribution in [1.82, 2.24) is 0 Å². The van der Waals surface area contributed by atoms with E-state index in [2.05, 4.69) is 0 Å². The van der Waals surface area contributed by atoms with Crippen LogP contribution in [0.3, 0.4) is 0 Å². The third-order valence-corrected chi connectivity index (χ3v) is 5.18. The molecule has 0 spiro atoms. The molecule has 1 aliphatic carbocycles. The van der Waals surface area contributed by atoms with Crippen molar-refractivity contribution in [2.45, 2.75) is 38.5 Å². The lowest BCUT2D eigenvalue weighted by Crippen LogP contribution is -2.21. The molecule has 3 rings (SSSR count). The molecule has 0 bridgehead atoms. The van der Waals surface area contributed by atoms with E-state index < -0.39 is 35.6 Å². The van der Waals surface area contributed by atoms with E-state index in [0.717, 1.165) is 11.6 Å². The fraction of sp³-hybridized carbons (Fsp3) is 0.350. The highest BCUT2D eigenvalue weighted by molar-refractivity contribution is 6.35. The van der Waals surface area contributed by atoms with Crippen molar-refractivity contribution in [3.8, 4) is 0 Å². The minimum Gasteiger partial charge on any atom is -0.457 e. The molecule has 2 aromatic carbocycles. The molecule has 2 unspecified atom stereocenters. The summed E-state index contributed by atoms with van der Waals surface area (Å²) in [5.74, 6) is -1.62. The number of rotatable bonds is 3. The second-order valence-corrected chi connectivity index (χ2v) is 7.71. The third-order valence-electron chi connectivity index (χ3n) is 4.65. The summed E-state index contributed by atoms with van der Waals surface area (Å²) in [5.41, 5.74) is 0.550. The van der Waals surface area contributed by atoms with Gasteiger partial charge in [-0.3, -0.25) is 4.79 Å². The molecule has 0 saturated carbocycles. The van der Waals surface area contributed by atoms with Crippen molar-refractivity contribution in [1.29, 1.82) is 0 Å². The van der Waals surface area contributed by atoms with Gasteiger partial charge in [-0.2, -0.15) is 13.2 Å².